The maximum atomic E-state index is 11.0. The summed E-state index contributed by atoms with van der Waals surface area (Å²) >= 11 is 0. The Balaban J connectivity index is 1.68. The Morgan fingerprint density at radius 3 is 1.73 bits per heavy atom. The molecule has 7 heteroatoms. The maximum Gasteiger partial charge on any atom is 0.317 e. The molecule has 0 heterocycles. The molecule has 33 heavy (non-hydrogen) atoms. The van der Waals surface area contributed by atoms with Crippen molar-refractivity contribution in [3.8, 4) is 28.7 Å². The van der Waals surface area contributed by atoms with Crippen LogP contribution < -0.4 is 18.9 Å². The Hall–Kier alpha value is -3.71. The van der Waals surface area contributed by atoms with E-state index in [0.29, 0.717) is 30.2 Å². The molecule has 7 nitrogen and oxygen atoms in total. The Morgan fingerprint density at radius 2 is 1.24 bits per heavy atom. The Bertz CT molecular complexity index is 1000. The molecular weight excluding hydrogens is 422 g/mol. The van der Waals surface area contributed by atoms with Crippen LogP contribution in [0, 0.1) is 0 Å². The molecule has 1 unspecified atom stereocenters. The summed E-state index contributed by atoms with van der Waals surface area (Å²) in [6.45, 7) is 0.550. The van der Waals surface area contributed by atoms with Crippen LogP contribution in [0.2, 0.25) is 0 Å². The molecule has 0 bridgehead atoms. The van der Waals surface area contributed by atoms with Crippen LogP contribution in [0.15, 0.2) is 72.8 Å². The highest BCUT2D eigenvalue weighted by atomic mass is 16.5. The van der Waals surface area contributed by atoms with E-state index in [9.17, 15) is 4.79 Å². The fraction of sp³-hybridized carbons (Fsp3) is 0.269. The summed E-state index contributed by atoms with van der Waals surface area (Å²) in [6, 6.07) is 22.5. The molecule has 0 saturated carbocycles. The predicted molar refractivity (Wildman–Crippen MR) is 126 cm³/mol. The van der Waals surface area contributed by atoms with E-state index in [4.69, 9.17) is 24.1 Å². The van der Waals surface area contributed by atoms with Gasteiger partial charge in [-0.3, -0.25) is 9.69 Å². The number of nitrogens with zero attached hydrogens (tertiary/aromatic N) is 1. The van der Waals surface area contributed by atoms with E-state index in [2.05, 4.69) is 0 Å². The van der Waals surface area contributed by atoms with Gasteiger partial charge in [0.15, 0.2) is 0 Å². The van der Waals surface area contributed by atoms with E-state index in [1.807, 2.05) is 72.8 Å². The zero-order valence-corrected chi connectivity index (χ0v) is 19.1. The van der Waals surface area contributed by atoms with Gasteiger partial charge in [-0.1, -0.05) is 12.1 Å². The minimum Gasteiger partial charge on any atom is -0.497 e. The molecule has 0 amide bonds. The van der Waals surface area contributed by atoms with Crippen LogP contribution in [0.5, 0.6) is 28.7 Å². The summed E-state index contributed by atoms with van der Waals surface area (Å²) < 4.78 is 22.6. The summed E-state index contributed by atoms with van der Waals surface area (Å²) in [5.41, 5.74) is 0.984. The number of methoxy groups -OCH3 is 2. The summed E-state index contributed by atoms with van der Waals surface area (Å²) in [6.07, 6.45) is 0.376. The molecule has 3 rings (SSSR count). The Morgan fingerprint density at radius 1 is 0.788 bits per heavy atom. The lowest BCUT2D eigenvalue weighted by Crippen LogP contribution is -2.28. The molecule has 0 aromatic heterocycles. The third-order valence-corrected chi connectivity index (χ3v) is 5.06. The van der Waals surface area contributed by atoms with E-state index in [1.54, 1.807) is 26.2 Å². The molecule has 0 aliphatic carbocycles. The summed E-state index contributed by atoms with van der Waals surface area (Å²) in [4.78, 5) is 12.7. The highest BCUT2D eigenvalue weighted by Gasteiger charge is 2.16. The second kappa shape index (κ2) is 11.8. The molecule has 174 valence electrons. The molecule has 0 radical (unpaired) electrons. The highest BCUT2D eigenvalue weighted by Crippen LogP contribution is 2.30. The van der Waals surface area contributed by atoms with Gasteiger partial charge in [0.2, 0.25) is 0 Å². The first-order valence-corrected chi connectivity index (χ1v) is 10.6. The van der Waals surface area contributed by atoms with Crippen LogP contribution in [-0.2, 0) is 4.79 Å². The van der Waals surface area contributed by atoms with E-state index < -0.39 is 5.97 Å². The first-order valence-electron chi connectivity index (χ1n) is 10.6. The van der Waals surface area contributed by atoms with Gasteiger partial charge in [0.25, 0.3) is 0 Å². The lowest BCUT2D eigenvalue weighted by molar-refractivity contribution is -0.138. The highest BCUT2D eigenvalue weighted by molar-refractivity contribution is 5.69. The summed E-state index contributed by atoms with van der Waals surface area (Å²) in [5, 5.41) is 9.01. The molecule has 0 aliphatic heterocycles. The number of likely N-dealkylation sites (N-methyl/N-ethyl adjacent to an activating group) is 1. The van der Waals surface area contributed by atoms with Crippen molar-refractivity contribution in [2.75, 3.05) is 34.4 Å². The number of ether oxygens (including phenoxy) is 4. The van der Waals surface area contributed by atoms with Gasteiger partial charge in [-0.05, 0) is 73.3 Å². The molecule has 0 spiro atoms. The SMILES string of the molecule is COc1ccc(Oc2ccc(OC(CCN(C)CC(=O)O)c3ccc(OC)cc3)cc2)cc1. The van der Waals surface area contributed by atoms with E-state index >= 15 is 0 Å². The molecule has 0 fully saturated rings. The quantitative estimate of drug-likeness (QED) is 0.414. The fourth-order valence-electron chi connectivity index (χ4n) is 3.29. The van der Waals surface area contributed by atoms with Crippen LogP contribution in [0.25, 0.3) is 0 Å². The van der Waals surface area contributed by atoms with Gasteiger partial charge in [-0.2, -0.15) is 0 Å². The van der Waals surface area contributed by atoms with E-state index in [1.165, 1.54) is 0 Å². The monoisotopic (exact) mass is 451 g/mol. The van der Waals surface area contributed by atoms with Crippen LogP contribution in [0.3, 0.4) is 0 Å². The molecule has 0 saturated heterocycles. The predicted octanol–water partition coefficient (Wildman–Crippen LogP) is 5.02. The number of carbonyl (C=O) groups is 1. The third kappa shape index (κ3) is 7.43. The lowest BCUT2D eigenvalue weighted by Gasteiger charge is -2.23. The third-order valence-electron chi connectivity index (χ3n) is 5.06. The zero-order valence-electron chi connectivity index (χ0n) is 19.1. The smallest absolute Gasteiger partial charge is 0.317 e. The molecule has 1 atom stereocenters. The summed E-state index contributed by atoms with van der Waals surface area (Å²) in [5.74, 6) is 2.77. The number of hydrogen-bond donors (Lipinski definition) is 1. The van der Waals surface area contributed by atoms with E-state index in [0.717, 1.165) is 17.1 Å². The van der Waals surface area contributed by atoms with Crippen molar-refractivity contribution >= 4 is 5.97 Å². The fourth-order valence-corrected chi connectivity index (χ4v) is 3.29. The average molecular weight is 452 g/mol. The van der Waals surface area contributed by atoms with Gasteiger partial charge in [0.1, 0.15) is 34.9 Å². The van der Waals surface area contributed by atoms with Gasteiger partial charge < -0.3 is 24.1 Å². The molecule has 3 aromatic rings. The van der Waals surface area contributed by atoms with Crippen molar-refractivity contribution in [1.29, 1.82) is 0 Å². The Labute approximate surface area is 194 Å². The van der Waals surface area contributed by atoms with Gasteiger partial charge >= 0.3 is 5.97 Å². The van der Waals surface area contributed by atoms with Crippen molar-refractivity contribution in [1.82, 2.24) is 4.90 Å². The normalized spacial score (nSPS) is 11.6. The number of benzene rings is 3. The van der Waals surface area contributed by atoms with Crippen molar-refractivity contribution in [2.45, 2.75) is 12.5 Å². The van der Waals surface area contributed by atoms with Crippen molar-refractivity contribution in [2.24, 2.45) is 0 Å². The van der Waals surface area contributed by atoms with Gasteiger partial charge in [0.05, 0.1) is 20.8 Å². The first kappa shape index (κ1) is 23.9. The van der Waals surface area contributed by atoms with Gasteiger partial charge in [-0.25, -0.2) is 0 Å². The molecular formula is C26H29NO6. The topological polar surface area (TPSA) is 77.5 Å². The zero-order chi connectivity index (χ0) is 23.6. The maximum absolute atomic E-state index is 11.0. The van der Waals surface area contributed by atoms with Crippen molar-refractivity contribution in [3.63, 3.8) is 0 Å². The van der Waals surface area contributed by atoms with Crippen molar-refractivity contribution < 1.29 is 28.8 Å². The first-order chi connectivity index (χ1) is 16.0. The van der Waals surface area contributed by atoms with Crippen LogP contribution in [0.1, 0.15) is 18.1 Å². The second-order valence-corrected chi connectivity index (χ2v) is 7.55. The van der Waals surface area contributed by atoms with Crippen LogP contribution in [-0.4, -0.2) is 50.3 Å². The van der Waals surface area contributed by atoms with Gasteiger partial charge in [0, 0.05) is 13.0 Å². The second-order valence-electron chi connectivity index (χ2n) is 7.55. The largest absolute Gasteiger partial charge is 0.497 e. The van der Waals surface area contributed by atoms with Crippen LogP contribution >= 0.6 is 0 Å². The standard InChI is InChI=1S/C26H29NO6/c1-27(18-26(28)29)17-16-25(19-4-6-20(30-2)7-5-19)33-24-14-12-23(13-15-24)32-22-10-8-21(31-3)9-11-22/h4-15,25H,16-18H2,1-3H3,(H,28,29). The Kier molecular flexibility index (Phi) is 8.55. The minimum atomic E-state index is -0.855. The minimum absolute atomic E-state index is 0.0211. The number of carboxylic acids is 1. The van der Waals surface area contributed by atoms with Crippen molar-refractivity contribution in [3.05, 3.63) is 78.4 Å². The summed E-state index contributed by atoms with van der Waals surface area (Å²) in [7, 11) is 5.03. The molecule has 3 aromatic carbocycles. The number of rotatable bonds is 12. The van der Waals surface area contributed by atoms with E-state index in [-0.39, 0.29) is 12.6 Å². The number of hydrogen-bond acceptors (Lipinski definition) is 6. The number of carboxylic acid groups (broad SMARTS) is 1. The van der Waals surface area contributed by atoms with Gasteiger partial charge in [-0.15, -0.1) is 0 Å². The molecule has 0 aliphatic rings. The number of aliphatic carboxylic acids is 1. The average Bonchev–Trinajstić information content (AvgIpc) is 2.83. The lowest BCUT2D eigenvalue weighted by atomic mass is 10.1. The molecule has 1 N–H and O–H groups in total. The van der Waals surface area contributed by atoms with Crippen LogP contribution in [0.4, 0.5) is 0 Å².